The monoisotopic (exact) mass is 369 g/mol. The zero-order valence-electron chi connectivity index (χ0n) is 15.8. The standard InChI is InChI=1S/C21H27N3O3/c1-26-19-5-2-4-17-14-18(15-27-20(17)19)21(25)23-11-6-16(7-12-23)8-13-24-10-3-9-22-24/h2-5,9-10,16,18H,6-8,11-15H2,1H3/t18-/m1/s1. The highest BCUT2D eigenvalue weighted by Gasteiger charge is 2.32. The Hall–Kier alpha value is -2.50. The fourth-order valence-corrected chi connectivity index (χ4v) is 4.16. The molecule has 1 aromatic heterocycles. The Kier molecular flexibility index (Phi) is 5.32. The van der Waals surface area contributed by atoms with Crippen LogP contribution in [0.5, 0.6) is 11.5 Å². The van der Waals surface area contributed by atoms with E-state index in [1.165, 1.54) is 0 Å². The largest absolute Gasteiger partial charge is 0.493 e. The second-order valence-electron chi connectivity index (χ2n) is 7.49. The molecule has 2 aliphatic heterocycles. The molecule has 27 heavy (non-hydrogen) atoms. The van der Waals surface area contributed by atoms with Gasteiger partial charge in [-0.05, 0) is 49.3 Å². The summed E-state index contributed by atoms with van der Waals surface area (Å²) in [5, 5.41) is 4.27. The number of likely N-dealkylation sites (tertiary alicyclic amines) is 1. The van der Waals surface area contributed by atoms with Crippen LogP contribution in [-0.2, 0) is 17.8 Å². The van der Waals surface area contributed by atoms with Crippen LogP contribution >= 0.6 is 0 Å². The van der Waals surface area contributed by atoms with Crippen molar-refractivity contribution in [2.75, 3.05) is 26.8 Å². The smallest absolute Gasteiger partial charge is 0.229 e. The number of aryl methyl sites for hydroxylation is 1. The van der Waals surface area contributed by atoms with Crippen molar-refractivity contribution in [3.8, 4) is 11.5 Å². The molecule has 0 spiro atoms. The molecular weight excluding hydrogens is 342 g/mol. The lowest BCUT2D eigenvalue weighted by atomic mass is 9.91. The molecule has 1 amide bonds. The van der Waals surface area contributed by atoms with Gasteiger partial charge in [-0.15, -0.1) is 0 Å². The summed E-state index contributed by atoms with van der Waals surface area (Å²) >= 11 is 0. The molecule has 0 saturated carbocycles. The summed E-state index contributed by atoms with van der Waals surface area (Å²) in [5.74, 6) is 2.35. The molecular formula is C21H27N3O3. The Labute approximate surface area is 160 Å². The summed E-state index contributed by atoms with van der Waals surface area (Å²) < 4.78 is 13.2. The number of methoxy groups -OCH3 is 1. The van der Waals surface area contributed by atoms with E-state index in [9.17, 15) is 4.79 Å². The number of hydrogen-bond acceptors (Lipinski definition) is 4. The minimum Gasteiger partial charge on any atom is -0.493 e. The fraction of sp³-hybridized carbons (Fsp3) is 0.524. The number of nitrogens with zero attached hydrogens (tertiary/aromatic N) is 3. The van der Waals surface area contributed by atoms with Crippen LogP contribution in [0.25, 0.3) is 0 Å². The van der Waals surface area contributed by atoms with Crippen molar-refractivity contribution >= 4 is 5.91 Å². The summed E-state index contributed by atoms with van der Waals surface area (Å²) in [6, 6.07) is 7.84. The third-order valence-corrected chi connectivity index (χ3v) is 5.78. The summed E-state index contributed by atoms with van der Waals surface area (Å²) in [5.41, 5.74) is 1.06. The van der Waals surface area contributed by atoms with E-state index in [-0.39, 0.29) is 11.8 Å². The third-order valence-electron chi connectivity index (χ3n) is 5.78. The molecule has 144 valence electrons. The molecule has 1 fully saturated rings. The highest BCUT2D eigenvalue weighted by molar-refractivity contribution is 5.80. The Bertz CT molecular complexity index is 767. The van der Waals surface area contributed by atoms with Crippen molar-refractivity contribution in [1.29, 1.82) is 0 Å². The highest BCUT2D eigenvalue weighted by Crippen LogP contribution is 2.36. The highest BCUT2D eigenvalue weighted by atomic mass is 16.5. The molecule has 3 heterocycles. The predicted molar refractivity (Wildman–Crippen MR) is 102 cm³/mol. The zero-order chi connectivity index (χ0) is 18.6. The maximum Gasteiger partial charge on any atom is 0.229 e. The van der Waals surface area contributed by atoms with E-state index in [0.717, 1.165) is 62.4 Å². The van der Waals surface area contributed by atoms with Crippen molar-refractivity contribution in [3.63, 3.8) is 0 Å². The van der Waals surface area contributed by atoms with Crippen molar-refractivity contribution in [2.45, 2.75) is 32.2 Å². The van der Waals surface area contributed by atoms with E-state index < -0.39 is 0 Å². The van der Waals surface area contributed by atoms with E-state index in [0.29, 0.717) is 12.5 Å². The SMILES string of the molecule is COc1cccc2c1OC[C@H](C(=O)N1CCC(CCn3cccn3)CC1)C2. The summed E-state index contributed by atoms with van der Waals surface area (Å²) in [7, 11) is 1.65. The number of fused-ring (bicyclic) bond motifs is 1. The quantitative estimate of drug-likeness (QED) is 0.813. The number of benzene rings is 1. The number of amides is 1. The topological polar surface area (TPSA) is 56.6 Å². The van der Waals surface area contributed by atoms with Gasteiger partial charge in [0.1, 0.15) is 6.61 Å². The number of carbonyl (C=O) groups is 1. The first-order valence-corrected chi connectivity index (χ1v) is 9.79. The summed E-state index contributed by atoms with van der Waals surface area (Å²) in [4.78, 5) is 15.0. The second-order valence-corrected chi connectivity index (χ2v) is 7.49. The Balaban J connectivity index is 1.29. The molecule has 6 nitrogen and oxygen atoms in total. The van der Waals surface area contributed by atoms with Crippen LogP contribution in [0.15, 0.2) is 36.7 Å². The summed E-state index contributed by atoms with van der Waals surface area (Å²) in [6.45, 7) is 3.10. The molecule has 0 aliphatic carbocycles. The minimum absolute atomic E-state index is 0.0924. The lowest BCUT2D eigenvalue weighted by molar-refractivity contribution is -0.138. The van der Waals surface area contributed by atoms with Crippen LogP contribution < -0.4 is 9.47 Å². The van der Waals surface area contributed by atoms with Crippen molar-refractivity contribution in [3.05, 3.63) is 42.2 Å². The van der Waals surface area contributed by atoms with Gasteiger partial charge >= 0.3 is 0 Å². The Morgan fingerprint density at radius 2 is 2.15 bits per heavy atom. The number of carbonyl (C=O) groups excluding carboxylic acids is 1. The van der Waals surface area contributed by atoms with Gasteiger partial charge < -0.3 is 14.4 Å². The maximum absolute atomic E-state index is 13.0. The second kappa shape index (κ2) is 8.03. The van der Waals surface area contributed by atoms with Crippen LogP contribution in [0.1, 0.15) is 24.8 Å². The van der Waals surface area contributed by atoms with Crippen molar-refractivity contribution in [1.82, 2.24) is 14.7 Å². The molecule has 2 aliphatic rings. The van der Waals surface area contributed by atoms with E-state index in [1.807, 2.05) is 46.2 Å². The first kappa shape index (κ1) is 17.9. The van der Waals surface area contributed by atoms with Gasteiger partial charge in [0.05, 0.1) is 13.0 Å². The molecule has 0 bridgehead atoms. The van der Waals surface area contributed by atoms with Gasteiger partial charge in [0.15, 0.2) is 11.5 Å². The average Bonchev–Trinajstić information content (AvgIpc) is 3.25. The van der Waals surface area contributed by atoms with E-state index in [4.69, 9.17) is 9.47 Å². The van der Waals surface area contributed by atoms with Gasteiger partial charge in [-0.25, -0.2) is 0 Å². The molecule has 0 unspecified atom stereocenters. The van der Waals surface area contributed by atoms with Crippen LogP contribution in [0.4, 0.5) is 0 Å². The first-order chi connectivity index (χ1) is 13.2. The van der Waals surface area contributed by atoms with Crippen LogP contribution in [-0.4, -0.2) is 47.4 Å². The van der Waals surface area contributed by atoms with E-state index >= 15 is 0 Å². The Morgan fingerprint density at radius 3 is 2.89 bits per heavy atom. The molecule has 4 rings (SSSR count). The number of piperidine rings is 1. The average molecular weight is 369 g/mol. The van der Waals surface area contributed by atoms with Crippen LogP contribution in [0.2, 0.25) is 0 Å². The molecule has 6 heteroatoms. The number of para-hydroxylation sites is 1. The minimum atomic E-state index is -0.0924. The first-order valence-electron chi connectivity index (χ1n) is 9.79. The van der Waals surface area contributed by atoms with Gasteiger partial charge in [-0.2, -0.15) is 5.10 Å². The molecule has 1 aromatic carbocycles. The Morgan fingerprint density at radius 1 is 1.30 bits per heavy atom. The van der Waals surface area contributed by atoms with Crippen molar-refractivity contribution < 1.29 is 14.3 Å². The van der Waals surface area contributed by atoms with E-state index in [1.54, 1.807) is 7.11 Å². The molecule has 1 saturated heterocycles. The molecule has 2 aromatic rings. The predicted octanol–water partition coefficient (Wildman–Crippen LogP) is 2.77. The van der Waals surface area contributed by atoms with Gasteiger partial charge in [0.2, 0.25) is 5.91 Å². The third kappa shape index (κ3) is 3.94. The van der Waals surface area contributed by atoms with Gasteiger partial charge in [0.25, 0.3) is 0 Å². The number of rotatable bonds is 5. The normalized spacial score (nSPS) is 20.0. The summed E-state index contributed by atoms with van der Waals surface area (Å²) in [6.07, 6.45) is 7.83. The maximum atomic E-state index is 13.0. The lowest BCUT2D eigenvalue weighted by Gasteiger charge is -2.35. The van der Waals surface area contributed by atoms with Crippen LogP contribution in [0, 0.1) is 11.8 Å². The number of ether oxygens (including phenoxy) is 2. The molecule has 0 N–H and O–H groups in total. The van der Waals surface area contributed by atoms with E-state index in [2.05, 4.69) is 5.10 Å². The molecule has 0 radical (unpaired) electrons. The fourth-order valence-electron chi connectivity index (χ4n) is 4.16. The molecule has 1 atom stereocenters. The van der Waals surface area contributed by atoms with Crippen LogP contribution in [0.3, 0.4) is 0 Å². The zero-order valence-corrected chi connectivity index (χ0v) is 15.8. The number of hydrogen-bond donors (Lipinski definition) is 0. The lowest BCUT2D eigenvalue weighted by Crippen LogP contribution is -2.44. The van der Waals surface area contributed by atoms with Gasteiger partial charge in [0, 0.05) is 32.0 Å². The number of aromatic nitrogens is 2. The van der Waals surface area contributed by atoms with Crippen molar-refractivity contribution in [2.24, 2.45) is 11.8 Å². The van der Waals surface area contributed by atoms with Gasteiger partial charge in [-0.1, -0.05) is 12.1 Å². The van der Waals surface area contributed by atoms with Gasteiger partial charge in [-0.3, -0.25) is 9.48 Å².